The Morgan fingerprint density at radius 3 is 1.83 bits per heavy atom. The normalized spacial score (nSPS) is 14.1. The minimum atomic E-state index is -0.601. The number of phenolic OH excluding ortho intramolecular Hbond substituents is 1. The van der Waals surface area contributed by atoms with E-state index in [9.17, 15) is 6.48 Å². The van der Waals surface area contributed by atoms with Crippen molar-refractivity contribution in [3.05, 3.63) is 192 Å². The van der Waals surface area contributed by atoms with Crippen molar-refractivity contribution in [1.82, 2.24) is 14.5 Å². The summed E-state index contributed by atoms with van der Waals surface area (Å²) in [6.07, 6.45) is -0.502. The summed E-state index contributed by atoms with van der Waals surface area (Å²) in [5, 5.41) is 12.6. The minimum Gasteiger partial charge on any atom is -0.507 e. The summed E-state index contributed by atoms with van der Waals surface area (Å²) in [5.74, 6) is 0.697. The number of rotatable bonds is 7. The van der Waals surface area contributed by atoms with Crippen molar-refractivity contribution >= 4 is 11.0 Å². The highest BCUT2D eigenvalue weighted by Crippen LogP contribution is 2.47. The molecular weight excluding hydrogens is 839 g/mol. The van der Waals surface area contributed by atoms with Gasteiger partial charge in [0.05, 0.1) is 38.9 Å². The Labute approximate surface area is 422 Å². The lowest BCUT2D eigenvalue weighted by molar-refractivity contribution is 0.446. The molecule has 2 aromatic heterocycles. The van der Waals surface area contributed by atoms with Gasteiger partial charge in [-0.15, -0.1) is 0 Å². The second kappa shape index (κ2) is 17.5. The molecule has 1 N–H and O–H groups in total. The van der Waals surface area contributed by atoms with Crippen LogP contribution in [0.25, 0.3) is 83.9 Å². The summed E-state index contributed by atoms with van der Waals surface area (Å²) >= 11 is 0. The van der Waals surface area contributed by atoms with Crippen LogP contribution in [-0.2, 0) is 21.7 Å². The van der Waals surface area contributed by atoms with Crippen LogP contribution in [0.1, 0.15) is 122 Å². The first-order valence-electron chi connectivity index (χ1n) is 27.8. The van der Waals surface area contributed by atoms with E-state index in [0.29, 0.717) is 22.5 Å². The Bertz CT molecular complexity index is 3820. The number of pyridine rings is 1. The lowest BCUT2D eigenvalue weighted by Gasteiger charge is -2.28. The van der Waals surface area contributed by atoms with Crippen molar-refractivity contribution in [2.75, 3.05) is 0 Å². The number of imidazole rings is 1. The van der Waals surface area contributed by atoms with Gasteiger partial charge in [-0.05, 0) is 138 Å². The van der Waals surface area contributed by atoms with Gasteiger partial charge in [-0.25, -0.2) is 4.98 Å². The van der Waals surface area contributed by atoms with Crippen LogP contribution in [0.5, 0.6) is 5.75 Å². The van der Waals surface area contributed by atoms with E-state index in [2.05, 4.69) is 178 Å². The highest BCUT2D eigenvalue weighted by molar-refractivity contribution is 5.97. The first-order chi connectivity index (χ1) is 35.9. The largest absolute Gasteiger partial charge is 0.507 e. The maximum atomic E-state index is 12.6. The molecule has 348 valence electrons. The van der Waals surface area contributed by atoms with Crippen LogP contribution in [0.4, 0.5) is 0 Å². The van der Waals surface area contributed by atoms with Gasteiger partial charge in [0.2, 0.25) is 0 Å². The molecule has 0 aliphatic rings. The Kier molecular flexibility index (Phi) is 9.60. The predicted octanol–water partition coefficient (Wildman–Crippen LogP) is 17.6. The number of fused-ring (bicyclic) bond motifs is 1. The van der Waals surface area contributed by atoms with Crippen molar-refractivity contribution in [2.45, 2.75) is 112 Å². The Morgan fingerprint density at radius 2 is 1.16 bits per heavy atom. The average Bonchev–Trinajstić information content (AvgIpc) is 3.82. The van der Waals surface area contributed by atoms with Crippen molar-refractivity contribution in [3.8, 4) is 78.6 Å². The fourth-order valence-electron chi connectivity index (χ4n) is 9.28. The van der Waals surface area contributed by atoms with Gasteiger partial charge in [-0.2, -0.15) is 0 Å². The van der Waals surface area contributed by atoms with E-state index in [-0.39, 0.29) is 39.4 Å². The van der Waals surface area contributed by atoms with E-state index in [4.69, 9.17) is 14.6 Å². The van der Waals surface area contributed by atoms with Gasteiger partial charge >= 0.3 is 0 Å². The minimum absolute atomic E-state index is 0.0244. The number of aryl methyl sites for hydroxylation is 1. The van der Waals surface area contributed by atoms with E-state index in [0.717, 1.165) is 61.3 Å². The van der Waals surface area contributed by atoms with E-state index in [1.807, 2.05) is 36.4 Å². The topological polar surface area (TPSA) is 50.9 Å². The summed E-state index contributed by atoms with van der Waals surface area (Å²) in [7, 11) is 0. The molecule has 0 aliphatic heterocycles. The molecule has 0 saturated heterocycles. The van der Waals surface area contributed by atoms with Crippen LogP contribution < -0.4 is 0 Å². The Hall–Kier alpha value is -7.04. The van der Waals surface area contributed by atoms with Crippen molar-refractivity contribution in [3.63, 3.8) is 0 Å². The highest BCUT2D eigenvalue weighted by Gasteiger charge is 2.30. The van der Waals surface area contributed by atoms with Crippen molar-refractivity contribution in [2.24, 2.45) is 0 Å². The number of aromatic nitrogens is 3. The third-order valence-corrected chi connectivity index (χ3v) is 13.1. The monoisotopic (exact) mass is 914 g/mol. The molecule has 2 heterocycles. The highest BCUT2D eigenvalue weighted by atomic mass is 16.3. The molecule has 0 spiro atoms. The number of hydrogen-bond donors (Lipinski definition) is 1. The summed E-state index contributed by atoms with van der Waals surface area (Å²) in [6.45, 7) is 27.9. The Balaban J connectivity index is 1.35. The molecule has 0 aliphatic carbocycles. The summed E-state index contributed by atoms with van der Waals surface area (Å²) in [5.41, 5.74) is 12.4. The van der Waals surface area contributed by atoms with Crippen LogP contribution in [0, 0.1) is 6.92 Å². The number of phenols is 1. The third-order valence-electron chi connectivity index (χ3n) is 13.1. The zero-order chi connectivity index (χ0) is 56.2. The summed E-state index contributed by atoms with van der Waals surface area (Å²) in [6, 6.07) is 36.0. The fraction of sp³-hybridized carbons (Fsp3) is 0.262. The number of benzene rings is 7. The van der Waals surface area contributed by atoms with E-state index >= 15 is 0 Å². The van der Waals surface area contributed by atoms with Crippen molar-refractivity contribution < 1.29 is 16.1 Å². The predicted molar refractivity (Wildman–Crippen MR) is 293 cm³/mol. The standard InChI is InChI=1S/C65H67N3O/c1-41-34-45(58-50(43-24-18-15-19-25-43)26-20-28-53(58)64(8,9)10)30-31-56(41)68-57-29-21-27-51(59(57)67-61(68)52-39-49(63(5,6)7)40-54(60(52)69)65(11,12)13)46-35-47(37-48(36-46)62(2,3)4)55-38-44(32-33-66-55)42-22-16-14-17-23-42/h14-40,69H,1-13H3/i14D,16D,17D,22D,23D,32D,33D,38D. The number of para-hydroxylation sites is 1. The summed E-state index contributed by atoms with van der Waals surface area (Å²) in [4.78, 5) is 10.1. The van der Waals surface area contributed by atoms with Crippen molar-refractivity contribution in [1.29, 1.82) is 0 Å². The molecule has 0 radical (unpaired) electrons. The van der Waals surface area contributed by atoms with Gasteiger partial charge in [0.1, 0.15) is 11.6 Å². The van der Waals surface area contributed by atoms with Gasteiger partial charge in [0.25, 0.3) is 0 Å². The molecule has 7 aromatic carbocycles. The SMILES string of the molecule is [2H]c1nc(-c2cc(-c3cccc4c3nc(-c3cc(C(C)(C)C)cc(C(C)(C)C)c3O)n4-c3ccc(-c4c(-c5ccccc5)cccc4C(C)(C)C)cc3C)cc(C(C)(C)C)c2)c([2H])c(-c2c([2H])c([2H])c([2H])c([2H])c2[2H])c1[2H]. The van der Waals surface area contributed by atoms with E-state index in [1.165, 1.54) is 11.1 Å². The zero-order valence-electron chi connectivity index (χ0n) is 50.3. The second-order valence-corrected chi connectivity index (χ2v) is 22.5. The first kappa shape index (κ1) is 37.9. The van der Waals surface area contributed by atoms with Gasteiger partial charge in [0, 0.05) is 22.9 Å². The molecule has 0 atom stereocenters. The zero-order valence-corrected chi connectivity index (χ0v) is 42.3. The molecule has 9 rings (SSSR count). The van der Waals surface area contributed by atoms with Crippen LogP contribution in [0.2, 0.25) is 0 Å². The molecule has 0 bridgehead atoms. The van der Waals surface area contributed by atoms with Crippen LogP contribution >= 0.6 is 0 Å². The molecule has 4 nitrogen and oxygen atoms in total. The molecular formula is C65H67N3O. The maximum absolute atomic E-state index is 12.6. The first-order valence-corrected chi connectivity index (χ1v) is 23.8. The number of hydrogen-bond acceptors (Lipinski definition) is 3. The lowest BCUT2D eigenvalue weighted by atomic mass is 9.78. The smallest absolute Gasteiger partial charge is 0.149 e. The lowest BCUT2D eigenvalue weighted by Crippen LogP contribution is -2.17. The molecule has 0 unspecified atom stereocenters. The fourth-order valence-corrected chi connectivity index (χ4v) is 9.28. The Morgan fingerprint density at radius 1 is 0.507 bits per heavy atom. The van der Waals surface area contributed by atoms with E-state index < -0.39 is 53.3 Å². The number of nitrogens with zero attached hydrogens (tertiary/aromatic N) is 3. The van der Waals surface area contributed by atoms with Crippen LogP contribution in [0.15, 0.2) is 164 Å². The molecule has 4 heteroatoms. The maximum Gasteiger partial charge on any atom is 0.149 e. The number of aromatic hydroxyl groups is 1. The molecule has 69 heavy (non-hydrogen) atoms. The van der Waals surface area contributed by atoms with Gasteiger partial charge in [-0.1, -0.05) is 192 Å². The van der Waals surface area contributed by atoms with Crippen LogP contribution in [0.3, 0.4) is 0 Å². The van der Waals surface area contributed by atoms with Crippen LogP contribution in [-0.4, -0.2) is 19.6 Å². The molecule has 0 amide bonds. The average molecular weight is 914 g/mol. The van der Waals surface area contributed by atoms with Gasteiger partial charge < -0.3 is 5.11 Å². The van der Waals surface area contributed by atoms with E-state index in [1.54, 1.807) is 0 Å². The van der Waals surface area contributed by atoms with Gasteiger partial charge in [-0.3, -0.25) is 9.55 Å². The molecule has 0 fully saturated rings. The molecule has 0 saturated carbocycles. The summed E-state index contributed by atoms with van der Waals surface area (Å²) < 4.78 is 72.2. The second-order valence-electron chi connectivity index (χ2n) is 22.5. The third kappa shape index (κ3) is 9.18. The quantitative estimate of drug-likeness (QED) is 0.173. The molecule has 9 aromatic rings. The van der Waals surface area contributed by atoms with Gasteiger partial charge in [0.15, 0.2) is 0 Å².